The zero-order valence-corrected chi connectivity index (χ0v) is 12.4. The molecule has 1 aliphatic carbocycles. The second kappa shape index (κ2) is 5.83. The minimum Gasteiger partial charge on any atom is -0.468 e. The first-order valence-electron chi connectivity index (χ1n) is 7.55. The third-order valence-electron chi connectivity index (χ3n) is 3.96. The fourth-order valence-corrected chi connectivity index (χ4v) is 2.81. The Bertz CT molecular complexity index is 568. The van der Waals surface area contributed by atoms with Crippen LogP contribution in [0.1, 0.15) is 49.4 Å². The minimum atomic E-state index is 0.467. The van der Waals surface area contributed by atoms with E-state index in [1.54, 1.807) is 6.26 Å². The van der Waals surface area contributed by atoms with Crippen LogP contribution in [0.25, 0.3) is 0 Å². The molecule has 0 radical (unpaired) electrons. The van der Waals surface area contributed by atoms with E-state index in [9.17, 15) is 0 Å². The summed E-state index contributed by atoms with van der Waals surface area (Å²) < 4.78 is 7.90. The Morgan fingerprint density at radius 2 is 2.20 bits per heavy atom. The van der Waals surface area contributed by atoms with E-state index in [0.717, 1.165) is 31.7 Å². The van der Waals surface area contributed by atoms with Gasteiger partial charge >= 0.3 is 0 Å². The molecule has 0 bridgehead atoms. The molecule has 0 saturated carbocycles. The van der Waals surface area contributed by atoms with Crippen molar-refractivity contribution in [1.82, 2.24) is 14.9 Å². The van der Waals surface area contributed by atoms with E-state index in [1.165, 1.54) is 29.8 Å². The van der Waals surface area contributed by atoms with Crippen molar-refractivity contribution < 1.29 is 4.42 Å². The summed E-state index contributed by atoms with van der Waals surface area (Å²) in [6, 6.07) is 2.54. The van der Waals surface area contributed by atoms with Crippen molar-refractivity contribution in [3.63, 3.8) is 0 Å². The van der Waals surface area contributed by atoms with Crippen molar-refractivity contribution in [2.24, 2.45) is 0 Å². The van der Waals surface area contributed by atoms with Gasteiger partial charge < -0.3 is 14.3 Å². The molecule has 0 amide bonds. The van der Waals surface area contributed by atoms with E-state index >= 15 is 0 Å². The van der Waals surface area contributed by atoms with Crippen LogP contribution in [0, 0.1) is 0 Å². The standard InChI is InChI=1S/C16H23N3O/c1-12(2)17-9-16-13(7-8-20-16)10-19-11-18-14-5-3-4-6-15(14)19/h7-8,11-12,17H,3-6,9-10H2,1-2H3. The molecule has 0 aromatic carbocycles. The van der Waals surface area contributed by atoms with Crippen molar-refractivity contribution in [2.75, 3.05) is 0 Å². The van der Waals surface area contributed by atoms with Crippen molar-refractivity contribution in [1.29, 1.82) is 0 Å². The maximum Gasteiger partial charge on any atom is 0.122 e. The lowest BCUT2D eigenvalue weighted by atomic mass is 10.0. The number of rotatable bonds is 5. The summed E-state index contributed by atoms with van der Waals surface area (Å²) in [4.78, 5) is 4.56. The average Bonchev–Trinajstić information content (AvgIpc) is 3.05. The lowest BCUT2D eigenvalue weighted by Gasteiger charge is -2.14. The van der Waals surface area contributed by atoms with Gasteiger partial charge in [0.1, 0.15) is 5.76 Å². The Hall–Kier alpha value is -1.55. The molecule has 4 nitrogen and oxygen atoms in total. The largest absolute Gasteiger partial charge is 0.468 e. The SMILES string of the molecule is CC(C)NCc1occc1Cn1cnc2c1CCCC2. The summed E-state index contributed by atoms with van der Waals surface area (Å²) in [5.74, 6) is 1.04. The van der Waals surface area contributed by atoms with Gasteiger partial charge in [-0.25, -0.2) is 4.98 Å². The number of aromatic nitrogens is 2. The number of imidazole rings is 1. The van der Waals surface area contributed by atoms with Crippen LogP contribution in [0.4, 0.5) is 0 Å². The predicted octanol–water partition coefficient (Wildman–Crippen LogP) is 2.90. The van der Waals surface area contributed by atoms with Crippen molar-refractivity contribution in [2.45, 2.75) is 58.7 Å². The average molecular weight is 273 g/mol. The Balaban J connectivity index is 1.75. The molecular weight excluding hydrogens is 250 g/mol. The second-order valence-electron chi connectivity index (χ2n) is 5.88. The summed E-state index contributed by atoms with van der Waals surface area (Å²) in [7, 11) is 0. The van der Waals surface area contributed by atoms with Crippen LogP contribution < -0.4 is 5.32 Å². The molecule has 0 saturated heterocycles. The fraction of sp³-hybridized carbons (Fsp3) is 0.562. The summed E-state index contributed by atoms with van der Waals surface area (Å²) >= 11 is 0. The third kappa shape index (κ3) is 2.80. The summed E-state index contributed by atoms with van der Waals surface area (Å²) in [5, 5.41) is 3.41. The molecule has 4 heteroatoms. The van der Waals surface area contributed by atoms with Crippen LogP contribution >= 0.6 is 0 Å². The van der Waals surface area contributed by atoms with E-state index < -0.39 is 0 Å². The molecule has 2 aromatic heterocycles. The van der Waals surface area contributed by atoms with Gasteiger partial charge in [-0.1, -0.05) is 13.8 Å². The Kier molecular flexibility index (Phi) is 3.92. The highest BCUT2D eigenvalue weighted by Gasteiger charge is 2.16. The first-order chi connectivity index (χ1) is 9.74. The highest BCUT2D eigenvalue weighted by atomic mass is 16.3. The maximum atomic E-state index is 5.61. The quantitative estimate of drug-likeness (QED) is 0.911. The van der Waals surface area contributed by atoms with Crippen LogP contribution in [0.5, 0.6) is 0 Å². The number of nitrogens with zero attached hydrogens (tertiary/aromatic N) is 2. The second-order valence-corrected chi connectivity index (χ2v) is 5.88. The van der Waals surface area contributed by atoms with Crippen LogP contribution in [-0.2, 0) is 25.9 Å². The third-order valence-corrected chi connectivity index (χ3v) is 3.96. The molecule has 1 N–H and O–H groups in total. The smallest absolute Gasteiger partial charge is 0.122 e. The normalized spacial score (nSPS) is 14.8. The topological polar surface area (TPSA) is 43.0 Å². The van der Waals surface area contributed by atoms with Crippen LogP contribution in [0.15, 0.2) is 23.1 Å². The maximum absolute atomic E-state index is 5.61. The van der Waals surface area contributed by atoms with E-state index in [4.69, 9.17) is 4.42 Å². The zero-order valence-electron chi connectivity index (χ0n) is 12.4. The van der Waals surface area contributed by atoms with Gasteiger partial charge in [0.15, 0.2) is 0 Å². The van der Waals surface area contributed by atoms with Crippen molar-refractivity contribution in [3.8, 4) is 0 Å². The Morgan fingerprint density at radius 1 is 1.35 bits per heavy atom. The molecule has 0 fully saturated rings. The number of aryl methyl sites for hydroxylation is 1. The summed E-state index contributed by atoms with van der Waals surface area (Å²) in [6.07, 6.45) is 8.63. The van der Waals surface area contributed by atoms with Gasteiger partial charge in [0.05, 0.1) is 31.4 Å². The molecule has 0 aliphatic heterocycles. The fourth-order valence-electron chi connectivity index (χ4n) is 2.81. The molecule has 0 atom stereocenters. The molecule has 3 rings (SSSR count). The highest BCUT2D eigenvalue weighted by molar-refractivity contribution is 5.22. The highest BCUT2D eigenvalue weighted by Crippen LogP contribution is 2.22. The molecule has 2 aromatic rings. The van der Waals surface area contributed by atoms with Gasteiger partial charge in [0, 0.05) is 17.3 Å². The monoisotopic (exact) mass is 273 g/mol. The number of nitrogens with one attached hydrogen (secondary N) is 1. The van der Waals surface area contributed by atoms with Crippen LogP contribution in [0.2, 0.25) is 0 Å². The number of hydrogen-bond acceptors (Lipinski definition) is 3. The Morgan fingerprint density at radius 3 is 3.05 bits per heavy atom. The van der Waals surface area contributed by atoms with E-state index in [1.807, 2.05) is 6.33 Å². The van der Waals surface area contributed by atoms with E-state index in [0.29, 0.717) is 6.04 Å². The summed E-state index contributed by atoms with van der Waals surface area (Å²) in [5.41, 5.74) is 3.96. The van der Waals surface area contributed by atoms with Crippen molar-refractivity contribution in [3.05, 3.63) is 41.4 Å². The molecule has 1 aliphatic rings. The van der Waals surface area contributed by atoms with Gasteiger partial charge in [-0.2, -0.15) is 0 Å². The van der Waals surface area contributed by atoms with Gasteiger partial charge in [0.25, 0.3) is 0 Å². The number of hydrogen-bond donors (Lipinski definition) is 1. The summed E-state index contributed by atoms with van der Waals surface area (Å²) in [6.45, 7) is 5.95. The molecule has 20 heavy (non-hydrogen) atoms. The van der Waals surface area contributed by atoms with Gasteiger partial charge in [-0.05, 0) is 31.7 Å². The van der Waals surface area contributed by atoms with Gasteiger partial charge in [-0.15, -0.1) is 0 Å². The Labute approximate surface area is 120 Å². The van der Waals surface area contributed by atoms with Gasteiger partial charge in [-0.3, -0.25) is 0 Å². The van der Waals surface area contributed by atoms with Crippen LogP contribution in [0.3, 0.4) is 0 Å². The minimum absolute atomic E-state index is 0.467. The number of furan rings is 1. The molecule has 0 unspecified atom stereocenters. The zero-order chi connectivity index (χ0) is 13.9. The first-order valence-corrected chi connectivity index (χ1v) is 7.55. The molecule has 2 heterocycles. The van der Waals surface area contributed by atoms with Crippen molar-refractivity contribution >= 4 is 0 Å². The van der Waals surface area contributed by atoms with Crippen LogP contribution in [-0.4, -0.2) is 15.6 Å². The lowest BCUT2D eigenvalue weighted by Crippen LogP contribution is -2.22. The number of fused-ring (bicyclic) bond motifs is 1. The lowest BCUT2D eigenvalue weighted by molar-refractivity contribution is 0.458. The van der Waals surface area contributed by atoms with Gasteiger partial charge in [0.2, 0.25) is 0 Å². The molecule has 0 spiro atoms. The molecule has 108 valence electrons. The molecular formula is C16H23N3O. The predicted molar refractivity (Wildman–Crippen MR) is 78.7 cm³/mol. The first kappa shape index (κ1) is 13.4. The van der Waals surface area contributed by atoms with E-state index in [-0.39, 0.29) is 0 Å². The van der Waals surface area contributed by atoms with E-state index in [2.05, 4.69) is 34.8 Å².